The van der Waals surface area contributed by atoms with Crippen molar-refractivity contribution >= 4 is 0 Å². The van der Waals surface area contributed by atoms with Crippen molar-refractivity contribution in [2.24, 2.45) is 10.8 Å². The fourth-order valence-electron chi connectivity index (χ4n) is 2.59. The van der Waals surface area contributed by atoms with E-state index >= 15 is 0 Å². The second-order valence-corrected chi connectivity index (χ2v) is 5.38. The van der Waals surface area contributed by atoms with E-state index in [9.17, 15) is 5.11 Å². The normalized spacial score (nSPS) is 32.8. The van der Waals surface area contributed by atoms with E-state index in [1.807, 2.05) is 0 Å². The van der Waals surface area contributed by atoms with Crippen LogP contribution < -0.4 is 0 Å². The van der Waals surface area contributed by atoms with Crippen LogP contribution >= 0.6 is 0 Å². The number of hydrogen-bond acceptors (Lipinski definition) is 1. The molecule has 1 heteroatoms. The van der Waals surface area contributed by atoms with E-state index in [1.165, 1.54) is 5.57 Å². The summed E-state index contributed by atoms with van der Waals surface area (Å²) in [5, 5.41) is 10.0. The first-order valence-electron chi connectivity index (χ1n) is 4.62. The van der Waals surface area contributed by atoms with Gasteiger partial charge in [0.1, 0.15) is 0 Å². The van der Waals surface area contributed by atoms with Crippen molar-refractivity contribution in [2.45, 2.75) is 47.1 Å². The standard InChI is InChI=1S/C11H20O/c1-8-6-10(2,3)9(12)11(4,5)7-8/h6,9,12H,7H2,1-5H3. The highest BCUT2D eigenvalue weighted by Crippen LogP contribution is 2.44. The van der Waals surface area contributed by atoms with E-state index in [-0.39, 0.29) is 16.9 Å². The third-order valence-electron chi connectivity index (χ3n) is 2.80. The Morgan fingerprint density at radius 2 is 1.83 bits per heavy atom. The highest BCUT2D eigenvalue weighted by atomic mass is 16.3. The fraction of sp³-hybridized carbons (Fsp3) is 0.818. The summed E-state index contributed by atoms with van der Waals surface area (Å²) in [7, 11) is 0. The molecule has 1 aliphatic carbocycles. The third-order valence-corrected chi connectivity index (χ3v) is 2.80. The maximum absolute atomic E-state index is 10.0. The van der Waals surface area contributed by atoms with Crippen LogP contribution in [0.5, 0.6) is 0 Å². The van der Waals surface area contributed by atoms with Crippen molar-refractivity contribution in [3.8, 4) is 0 Å². The predicted octanol–water partition coefficient (Wildman–Crippen LogP) is 2.75. The number of rotatable bonds is 0. The van der Waals surface area contributed by atoms with E-state index in [1.54, 1.807) is 0 Å². The Morgan fingerprint density at radius 1 is 1.33 bits per heavy atom. The van der Waals surface area contributed by atoms with Crippen molar-refractivity contribution < 1.29 is 5.11 Å². The summed E-state index contributed by atoms with van der Waals surface area (Å²) >= 11 is 0. The molecule has 1 aliphatic rings. The van der Waals surface area contributed by atoms with Gasteiger partial charge in [0, 0.05) is 5.41 Å². The quantitative estimate of drug-likeness (QED) is 0.551. The Kier molecular flexibility index (Phi) is 2.12. The van der Waals surface area contributed by atoms with E-state index in [0.29, 0.717) is 0 Å². The average molecular weight is 168 g/mol. The minimum atomic E-state index is -0.228. The number of hydrogen-bond donors (Lipinski definition) is 1. The molecule has 0 bridgehead atoms. The maximum atomic E-state index is 10.0. The van der Waals surface area contributed by atoms with Crippen LogP contribution in [0.15, 0.2) is 11.6 Å². The van der Waals surface area contributed by atoms with Crippen LogP contribution in [0.1, 0.15) is 41.0 Å². The van der Waals surface area contributed by atoms with Gasteiger partial charge in [0.25, 0.3) is 0 Å². The van der Waals surface area contributed by atoms with Gasteiger partial charge in [0.15, 0.2) is 0 Å². The molecule has 1 atom stereocenters. The Bertz CT molecular complexity index is 211. The topological polar surface area (TPSA) is 20.2 Å². The van der Waals surface area contributed by atoms with Crippen molar-refractivity contribution in [1.82, 2.24) is 0 Å². The van der Waals surface area contributed by atoms with Gasteiger partial charge in [-0.1, -0.05) is 39.3 Å². The van der Waals surface area contributed by atoms with Crippen LogP contribution in [-0.2, 0) is 0 Å². The second-order valence-electron chi connectivity index (χ2n) is 5.38. The minimum Gasteiger partial charge on any atom is -0.392 e. The molecule has 0 fully saturated rings. The summed E-state index contributed by atoms with van der Waals surface area (Å²) in [5.74, 6) is 0. The van der Waals surface area contributed by atoms with Crippen molar-refractivity contribution in [3.05, 3.63) is 11.6 Å². The summed E-state index contributed by atoms with van der Waals surface area (Å²) < 4.78 is 0. The minimum absolute atomic E-state index is 0.0301. The lowest BCUT2D eigenvalue weighted by atomic mass is 9.64. The first-order chi connectivity index (χ1) is 5.26. The van der Waals surface area contributed by atoms with Crippen LogP contribution in [0.4, 0.5) is 0 Å². The first kappa shape index (κ1) is 9.79. The van der Waals surface area contributed by atoms with Crippen LogP contribution in [0.25, 0.3) is 0 Å². The van der Waals surface area contributed by atoms with Gasteiger partial charge in [-0.3, -0.25) is 0 Å². The van der Waals surface area contributed by atoms with Gasteiger partial charge in [-0.25, -0.2) is 0 Å². The molecule has 0 aromatic heterocycles. The van der Waals surface area contributed by atoms with Crippen LogP contribution in [0.2, 0.25) is 0 Å². The van der Waals surface area contributed by atoms with Gasteiger partial charge in [-0.15, -0.1) is 0 Å². The molecule has 1 N–H and O–H groups in total. The lowest BCUT2D eigenvalue weighted by Crippen LogP contribution is -2.43. The average Bonchev–Trinajstić information content (AvgIpc) is 1.80. The molecule has 1 rings (SSSR count). The van der Waals surface area contributed by atoms with E-state index < -0.39 is 0 Å². The van der Waals surface area contributed by atoms with Crippen molar-refractivity contribution in [2.75, 3.05) is 0 Å². The predicted molar refractivity (Wildman–Crippen MR) is 51.9 cm³/mol. The molecule has 70 valence electrons. The summed E-state index contributed by atoms with van der Waals surface area (Å²) in [6.07, 6.45) is 2.98. The van der Waals surface area contributed by atoms with Gasteiger partial charge >= 0.3 is 0 Å². The van der Waals surface area contributed by atoms with Gasteiger partial charge in [0.05, 0.1) is 6.10 Å². The molecule has 0 saturated heterocycles. The number of allylic oxidation sites excluding steroid dienone is 1. The highest BCUT2D eigenvalue weighted by Gasteiger charge is 2.41. The molecule has 0 heterocycles. The zero-order valence-corrected chi connectivity index (χ0v) is 8.81. The van der Waals surface area contributed by atoms with E-state index in [0.717, 1.165) is 6.42 Å². The SMILES string of the molecule is CC1=CC(C)(C)C(O)C(C)(C)C1. The van der Waals surface area contributed by atoms with Crippen LogP contribution in [-0.4, -0.2) is 11.2 Å². The van der Waals surface area contributed by atoms with Crippen LogP contribution in [0.3, 0.4) is 0 Å². The molecule has 0 aromatic carbocycles. The highest BCUT2D eigenvalue weighted by molar-refractivity contribution is 5.16. The van der Waals surface area contributed by atoms with Gasteiger partial charge < -0.3 is 5.11 Å². The van der Waals surface area contributed by atoms with Gasteiger partial charge in [-0.05, 0) is 18.8 Å². The molecule has 0 saturated carbocycles. The number of aliphatic hydroxyl groups is 1. The van der Waals surface area contributed by atoms with Gasteiger partial charge in [0.2, 0.25) is 0 Å². The molecule has 0 aliphatic heterocycles. The summed E-state index contributed by atoms with van der Waals surface area (Å²) in [4.78, 5) is 0. The molecule has 12 heavy (non-hydrogen) atoms. The third kappa shape index (κ3) is 1.56. The van der Waals surface area contributed by atoms with E-state index in [4.69, 9.17) is 0 Å². The molecule has 1 unspecified atom stereocenters. The molecule has 0 radical (unpaired) electrons. The first-order valence-corrected chi connectivity index (χ1v) is 4.62. The van der Waals surface area contributed by atoms with Crippen molar-refractivity contribution in [3.63, 3.8) is 0 Å². The molecule has 0 spiro atoms. The lowest BCUT2D eigenvalue weighted by Gasteiger charge is -2.44. The molecule has 1 nitrogen and oxygen atoms in total. The van der Waals surface area contributed by atoms with Crippen molar-refractivity contribution in [1.29, 1.82) is 0 Å². The van der Waals surface area contributed by atoms with E-state index in [2.05, 4.69) is 40.7 Å². The van der Waals surface area contributed by atoms with Crippen LogP contribution in [0, 0.1) is 10.8 Å². The molecule has 0 aromatic rings. The Morgan fingerprint density at radius 3 is 2.25 bits per heavy atom. The maximum Gasteiger partial charge on any atom is 0.0679 e. The monoisotopic (exact) mass is 168 g/mol. The summed E-state index contributed by atoms with van der Waals surface area (Å²) in [5.41, 5.74) is 1.36. The second kappa shape index (κ2) is 2.59. The zero-order valence-electron chi connectivity index (χ0n) is 8.81. The summed E-state index contributed by atoms with van der Waals surface area (Å²) in [6, 6.07) is 0. The smallest absolute Gasteiger partial charge is 0.0679 e. The Hall–Kier alpha value is -0.300. The molecular weight excluding hydrogens is 148 g/mol. The Labute approximate surface area is 75.5 Å². The number of aliphatic hydroxyl groups excluding tert-OH is 1. The zero-order chi connectivity index (χ0) is 9.57. The summed E-state index contributed by atoms with van der Waals surface area (Å²) in [6.45, 7) is 10.6. The largest absolute Gasteiger partial charge is 0.392 e. The molecular formula is C11H20O. The lowest BCUT2D eigenvalue weighted by molar-refractivity contribution is -0.0276. The Balaban J connectivity index is 3.02. The molecule has 0 amide bonds. The van der Waals surface area contributed by atoms with Gasteiger partial charge in [-0.2, -0.15) is 0 Å². The fourth-order valence-corrected chi connectivity index (χ4v) is 2.59.